The molecule has 0 aromatic heterocycles. The van der Waals surface area contributed by atoms with Crippen molar-refractivity contribution in [1.82, 2.24) is 0 Å². The van der Waals surface area contributed by atoms with E-state index in [-0.39, 0.29) is 36.7 Å². The van der Waals surface area contributed by atoms with Gasteiger partial charge in [-0.1, -0.05) is 31.9 Å². The topological polar surface area (TPSA) is 184 Å². The zero-order chi connectivity index (χ0) is 43.7. The van der Waals surface area contributed by atoms with Gasteiger partial charge in [-0.15, -0.1) is 0 Å². The third-order valence-corrected chi connectivity index (χ3v) is 8.01. The zero-order valence-electron chi connectivity index (χ0n) is 33.2. The second-order valence-corrected chi connectivity index (χ2v) is 12.5. The van der Waals surface area contributed by atoms with Gasteiger partial charge in [0, 0.05) is 18.2 Å². The van der Waals surface area contributed by atoms with Gasteiger partial charge in [0.2, 0.25) is 0 Å². The lowest BCUT2D eigenvalue weighted by atomic mass is 10.1. The first-order valence-corrected chi connectivity index (χ1v) is 18.9. The second kappa shape index (κ2) is 25.7. The van der Waals surface area contributed by atoms with E-state index in [0.717, 1.165) is 49.5 Å². The van der Waals surface area contributed by atoms with Crippen LogP contribution in [0, 0.1) is 0 Å². The predicted molar refractivity (Wildman–Crippen MR) is 224 cm³/mol. The molecular weight excluding hydrogens is 789 g/mol. The summed E-state index contributed by atoms with van der Waals surface area (Å²) in [7, 11) is 0. The number of hydrogen-bond acceptors (Lipinski definition) is 15. The van der Waals surface area contributed by atoms with E-state index < -0.39 is 29.8 Å². The van der Waals surface area contributed by atoms with Crippen molar-refractivity contribution < 1.29 is 62.2 Å². The number of unbranched alkanes of at least 4 members (excludes halogenated alkanes) is 3. The molecule has 61 heavy (non-hydrogen) atoms. The molecule has 15 heteroatoms. The lowest BCUT2D eigenvalue weighted by Gasteiger charge is -2.12. The molecule has 0 aliphatic heterocycles. The molecule has 0 unspecified atom stereocenters. The highest BCUT2D eigenvalue weighted by molar-refractivity contribution is 5.98. The van der Waals surface area contributed by atoms with Crippen LogP contribution >= 0.6 is 0 Å². The SMILES string of the molecule is C=CC(=O)OCCCCCCOc1ccc(C(=O)Oc2ccc(/C=N/N=C/c3ccc(OOCc4ccc(OC(=O)C=C)cc4)cc3)cc2C(=O)OCCOC(=O)C=C)cc1. The molecule has 0 saturated heterocycles. The summed E-state index contributed by atoms with van der Waals surface area (Å²) >= 11 is 0. The van der Waals surface area contributed by atoms with Gasteiger partial charge in [-0.3, -0.25) is 0 Å². The summed E-state index contributed by atoms with van der Waals surface area (Å²) in [6.45, 7) is 10.5. The highest BCUT2D eigenvalue weighted by Gasteiger charge is 2.19. The molecular formula is C46H44N2O13. The molecule has 0 bridgehead atoms. The van der Waals surface area contributed by atoms with E-state index in [1.807, 2.05) is 0 Å². The molecule has 0 fully saturated rings. The van der Waals surface area contributed by atoms with Crippen LogP contribution in [0.3, 0.4) is 0 Å². The largest absolute Gasteiger partial charge is 0.494 e. The maximum Gasteiger partial charge on any atom is 0.343 e. The minimum Gasteiger partial charge on any atom is -0.494 e. The number of rotatable bonds is 25. The summed E-state index contributed by atoms with van der Waals surface area (Å²) in [5.74, 6) is -1.91. The molecule has 0 spiro atoms. The fourth-order valence-corrected chi connectivity index (χ4v) is 4.90. The number of carbonyl (C=O) groups excluding carboxylic acids is 5. The normalized spacial score (nSPS) is 10.7. The molecule has 0 radical (unpaired) electrons. The Labute approximate surface area is 352 Å². The van der Waals surface area contributed by atoms with Crippen LogP contribution in [0.1, 0.15) is 63.1 Å². The van der Waals surface area contributed by atoms with Gasteiger partial charge in [0.15, 0.2) is 5.75 Å². The summed E-state index contributed by atoms with van der Waals surface area (Å²) in [6, 6.07) is 24.4. The van der Waals surface area contributed by atoms with Crippen LogP contribution in [0.25, 0.3) is 0 Å². The zero-order valence-corrected chi connectivity index (χ0v) is 33.2. The van der Waals surface area contributed by atoms with Gasteiger partial charge in [-0.25, -0.2) is 24.0 Å². The Morgan fingerprint density at radius 2 is 1.10 bits per heavy atom. The molecule has 0 aliphatic rings. The average Bonchev–Trinajstić information content (AvgIpc) is 3.28. The lowest BCUT2D eigenvalue weighted by molar-refractivity contribution is -0.217. The van der Waals surface area contributed by atoms with Crippen LogP contribution < -0.4 is 19.1 Å². The van der Waals surface area contributed by atoms with Crippen molar-refractivity contribution in [2.24, 2.45) is 10.2 Å². The number of carbonyl (C=O) groups is 5. The van der Waals surface area contributed by atoms with E-state index in [1.165, 1.54) is 24.6 Å². The maximum atomic E-state index is 13.1. The Bertz CT molecular complexity index is 2180. The quantitative estimate of drug-likeness (QED) is 0.00935. The minimum absolute atomic E-state index is 0.0749. The van der Waals surface area contributed by atoms with Crippen molar-refractivity contribution >= 4 is 42.3 Å². The summed E-state index contributed by atoms with van der Waals surface area (Å²) < 4.78 is 31.5. The van der Waals surface area contributed by atoms with E-state index in [9.17, 15) is 24.0 Å². The van der Waals surface area contributed by atoms with Gasteiger partial charge in [0.1, 0.15) is 42.6 Å². The Balaban J connectivity index is 1.30. The lowest BCUT2D eigenvalue weighted by Crippen LogP contribution is -2.16. The predicted octanol–water partition coefficient (Wildman–Crippen LogP) is 7.52. The third kappa shape index (κ3) is 17.0. The first-order chi connectivity index (χ1) is 29.7. The molecule has 4 aromatic rings. The average molecular weight is 833 g/mol. The monoisotopic (exact) mass is 832 g/mol. The standard InChI is InChI=1S/C46H44N2O13/c1-4-42(49)55-26-10-8-7-9-25-54-37-22-16-36(17-23-37)45(52)60-41-24-15-35(29-40(41)46(53)57-28-27-56-43(50)5-2)31-48-47-30-33-11-20-39(21-12-33)61-58-32-34-13-18-38(19-14-34)59-44(51)6-3/h4-6,11-24,29-31H,1-3,7-10,25-28,32H2/b47-30+,48-31+. The summed E-state index contributed by atoms with van der Waals surface area (Å²) in [4.78, 5) is 70.7. The fraction of sp³-hybridized carbons (Fsp3) is 0.196. The van der Waals surface area contributed by atoms with Crippen LogP contribution in [-0.2, 0) is 40.1 Å². The van der Waals surface area contributed by atoms with E-state index >= 15 is 0 Å². The number of benzene rings is 4. The first kappa shape index (κ1) is 46.0. The Kier molecular flexibility index (Phi) is 19.4. The van der Waals surface area contributed by atoms with Gasteiger partial charge in [0.25, 0.3) is 0 Å². The number of hydrogen-bond donors (Lipinski definition) is 0. The fourth-order valence-electron chi connectivity index (χ4n) is 4.90. The molecule has 4 aromatic carbocycles. The van der Waals surface area contributed by atoms with Gasteiger partial charge in [0.05, 0.1) is 31.2 Å². The minimum atomic E-state index is -0.839. The van der Waals surface area contributed by atoms with Crippen LogP contribution in [0.15, 0.2) is 139 Å². The van der Waals surface area contributed by atoms with Crippen molar-refractivity contribution in [2.75, 3.05) is 26.4 Å². The maximum absolute atomic E-state index is 13.1. The van der Waals surface area contributed by atoms with Crippen LogP contribution in [0.2, 0.25) is 0 Å². The van der Waals surface area contributed by atoms with Crippen molar-refractivity contribution in [1.29, 1.82) is 0 Å². The van der Waals surface area contributed by atoms with E-state index in [0.29, 0.717) is 41.6 Å². The van der Waals surface area contributed by atoms with E-state index in [4.69, 9.17) is 38.2 Å². The first-order valence-electron chi connectivity index (χ1n) is 18.9. The molecule has 0 atom stereocenters. The Hall–Kier alpha value is -7.65. The smallest absolute Gasteiger partial charge is 0.343 e. The molecule has 0 amide bonds. The Morgan fingerprint density at radius 3 is 1.77 bits per heavy atom. The summed E-state index contributed by atoms with van der Waals surface area (Å²) in [6.07, 6.45) is 9.40. The van der Waals surface area contributed by atoms with Crippen LogP contribution in [0.5, 0.6) is 23.0 Å². The highest BCUT2D eigenvalue weighted by Crippen LogP contribution is 2.24. The van der Waals surface area contributed by atoms with Crippen molar-refractivity contribution in [2.45, 2.75) is 32.3 Å². The number of nitrogens with zero attached hydrogens (tertiary/aromatic N) is 2. The van der Waals surface area contributed by atoms with E-state index in [1.54, 1.807) is 78.9 Å². The summed E-state index contributed by atoms with van der Waals surface area (Å²) in [5, 5.41) is 8.14. The highest BCUT2D eigenvalue weighted by atomic mass is 17.2. The molecule has 0 heterocycles. The Morgan fingerprint density at radius 1 is 0.525 bits per heavy atom. The van der Waals surface area contributed by atoms with Gasteiger partial charge < -0.3 is 33.3 Å². The summed E-state index contributed by atoms with van der Waals surface area (Å²) in [5.41, 5.74) is 2.06. The molecule has 0 aliphatic carbocycles. The van der Waals surface area contributed by atoms with Crippen molar-refractivity contribution in [3.05, 3.63) is 157 Å². The second-order valence-electron chi connectivity index (χ2n) is 12.5. The van der Waals surface area contributed by atoms with Gasteiger partial charge in [-0.2, -0.15) is 15.1 Å². The molecule has 4 rings (SSSR count). The van der Waals surface area contributed by atoms with Gasteiger partial charge >= 0.3 is 29.8 Å². The molecule has 0 N–H and O–H groups in total. The van der Waals surface area contributed by atoms with Crippen LogP contribution in [0.4, 0.5) is 0 Å². The molecule has 316 valence electrons. The van der Waals surface area contributed by atoms with Crippen molar-refractivity contribution in [3.8, 4) is 23.0 Å². The molecule has 0 saturated carbocycles. The number of ether oxygens (including phenoxy) is 6. The van der Waals surface area contributed by atoms with E-state index in [2.05, 4.69) is 29.9 Å². The van der Waals surface area contributed by atoms with Gasteiger partial charge in [-0.05, 0) is 121 Å². The third-order valence-electron chi connectivity index (χ3n) is 8.01. The van der Waals surface area contributed by atoms with Crippen LogP contribution in [-0.4, -0.2) is 68.7 Å². The molecule has 15 nitrogen and oxygen atoms in total. The number of esters is 5. The van der Waals surface area contributed by atoms with Crippen molar-refractivity contribution in [3.63, 3.8) is 0 Å².